The number of sulfonamides is 1. The summed E-state index contributed by atoms with van der Waals surface area (Å²) < 4.78 is 36.3. The second-order valence-electron chi connectivity index (χ2n) is 8.41. The molecule has 2 aliphatic heterocycles. The first-order valence-corrected chi connectivity index (χ1v) is 12.9. The van der Waals surface area contributed by atoms with Gasteiger partial charge in [-0.25, -0.2) is 13.2 Å². The normalized spacial score (nSPS) is 18.7. The maximum Gasteiger partial charge on any atom is 0.320 e. The molecule has 168 valence electrons. The molecule has 0 unspecified atom stereocenters. The highest BCUT2D eigenvalue weighted by Crippen LogP contribution is 2.29. The largest absolute Gasteiger partial charge is 0.320 e. The number of hydrogen-bond donors (Lipinski definition) is 0. The summed E-state index contributed by atoms with van der Waals surface area (Å²) in [4.78, 5) is 17.0. The van der Waals surface area contributed by atoms with Crippen molar-refractivity contribution in [1.29, 1.82) is 0 Å². The minimum atomic E-state index is -3.65. The Morgan fingerprint density at radius 3 is 2.59 bits per heavy atom. The number of urea groups is 1. The van der Waals surface area contributed by atoms with Crippen molar-refractivity contribution in [2.75, 3.05) is 26.2 Å². The van der Waals surface area contributed by atoms with Crippen molar-refractivity contribution in [2.24, 2.45) is 0 Å². The molecule has 0 aliphatic carbocycles. The zero-order chi connectivity index (χ0) is 22.3. The maximum atomic E-state index is 13.2. The summed E-state index contributed by atoms with van der Waals surface area (Å²) in [5, 5.41) is 0. The van der Waals surface area contributed by atoms with Gasteiger partial charge in [-0.15, -0.1) is 0 Å². The van der Waals surface area contributed by atoms with E-state index in [0.29, 0.717) is 56.6 Å². The van der Waals surface area contributed by atoms with Gasteiger partial charge in [0, 0.05) is 38.8 Å². The zero-order valence-electron chi connectivity index (χ0n) is 17.8. The summed E-state index contributed by atoms with van der Waals surface area (Å²) in [6, 6.07) is 13.4. The van der Waals surface area contributed by atoms with Crippen LogP contribution in [0, 0.1) is 6.92 Å². The van der Waals surface area contributed by atoms with E-state index in [1.807, 2.05) is 21.9 Å². The molecule has 2 saturated heterocycles. The van der Waals surface area contributed by atoms with Crippen molar-refractivity contribution in [3.8, 4) is 0 Å². The Bertz CT molecular complexity index is 1250. The fourth-order valence-corrected chi connectivity index (χ4v) is 6.86. The predicted molar refractivity (Wildman–Crippen MR) is 123 cm³/mol. The van der Waals surface area contributed by atoms with Gasteiger partial charge in [-0.05, 0) is 37.5 Å². The van der Waals surface area contributed by atoms with Crippen LogP contribution in [0.5, 0.6) is 0 Å². The molecular formula is C22H25N5O3S2. The molecule has 2 aliphatic rings. The third-order valence-electron chi connectivity index (χ3n) is 6.31. The summed E-state index contributed by atoms with van der Waals surface area (Å²) in [6.07, 6.45) is 1.27. The van der Waals surface area contributed by atoms with Gasteiger partial charge in [0.15, 0.2) is 0 Å². The highest BCUT2D eigenvalue weighted by molar-refractivity contribution is 7.89. The Morgan fingerprint density at radius 1 is 1.03 bits per heavy atom. The van der Waals surface area contributed by atoms with E-state index in [9.17, 15) is 13.2 Å². The Morgan fingerprint density at radius 2 is 1.81 bits per heavy atom. The van der Waals surface area contributed by atoms with Gasteiger partial charge in [0.1, 0.15) is 15.9 Å². The van der Waals surface area contributed by atoms with Crippen molar-refractivity contribution in [2.45, 2.75) is 37.2 Å². The van der Waals surface area contributed by atoms with E-state index in [0.717, 1.165) is 17.3 Å². The van der Waals surface area contributed by atoms with Gasteiger partial charge in [0.05, 0.1) is 11.7 Å². The third-order valence-corrected chi connectivity index (χ3v) is 8.79. The summed E-state index contributed by atoms with van der Waals surface area (Å²) in [5.74, 6) is 0. The Kier molecular flexibility index (Phi) is 5.60. The number of benzene rings is 2. The number of nitrogens with zero attached hydrogens (tertiary/aromatic N) is 5. The van der Waals surface area contributed by atoms with Crippen LogP contribution in [0.4, 0.5) is 4.79 Å². The van der Waals surface area contributed by atoms with Crippen LogP contribution >= 0.6 is 11.7 Å². The van der Waals surface area contributed by atoms with Crippen LogP contribution in [-0.4, -0.2) is 69.5 Å². The molecule has 2 amide bonds. The van der Waals surface area contributed by atoms with E-state index in [-0.39, 0.29) is 17.0 Å². The monoisotopic (exact) mass is 471 g/mol. The van der Waals surface area contributed by atoms with Crippen molar-refractivity contribution in [3.63, 3.8) is 0 Å². The highest BCUT2D eigenvalue weighted by atomic mass is 32.2. The van der Waals surface area contributed by atoms with E-state index < -0.39 is 10.0 Å². The standard InChI is InChI=1S/C22H25N5O3S2/c1-16-4-2-5-17(14-16)15-25-12-13-27(22(25)28)18-8-10-26(11-9-18)32(29,30)20-7-3-6-19-21(20)24-31-23-19/h2-7,14,18H,8-13,15H2,1H3. The predicted octanol–water partition coefficient (Wildman–Crippen LogP) is 3.09. The highest BCUT2D eigenvalue weighted by Gasteiger charge is 2.38. The average Bonchev–Trinajstić information content (AvgIpc) is 3.41. The van der Waals surface area contributed by atoms with Crippen molar-refractivity contribution < 1.29 is 13.2 Å². The number of rotatable bonds is 5. The molecule has 0 atom stereocenters. The van der Waals surface area contributed by atoms with E-state index >= 15 is 0 Å². The third kappa shape index (κ3) is 3.87. The van der Waals surface area contributed by atoms with Gasteiger partial charge in [0.2, 0.25) is 10.0 Å². The number of carbonyl (C=O) groups is 1. The van der Waals surface area contributed by atoms with Crippen LogP contribution in [0.25, 0.3) is 11.0 Å². The lowest BCUT2D eigenvalue weighted by atomic mass is 10.1. The van der Waals surface area contributed by atoms with Gasteiger partial charge in [0.25, 0.3) is 0 Å². The molecule has 0 radical (unpaired) electrons. The summed E-state index contributed by atoms with van der Waals surface area (Å²) in [5.41, 5.74) is 3.35. The van der Waals surface area contributed by atoms with E-state index in [1.165, 1.54) is 9.87 Å². The molecule has 3 aromatic rings. The molecular weight excluding hydrogens is 446 g/mol. The van der Waals surface area contributed by atoms with Gasteiger partial charge in [-0.3, -0.25) is 0 Å². The smallest absolute Gasteiger partial charge is 0.320 e. The average molecular weight is 472 g/mol. The topological polar surface area (TPSA) is 86.7 Å². The maximum absolute atomic E-state index is 13.2. The molecule has 0 spiro atoms. The van der Waals surface area contributed by atoms with Crippen LogP contribution in [-0.2, 0) is 16.6 Å². The van der Waals surface area contributed by atoms with E-state index in [2.05, 4.69) is 27.8 Å². The molecule has 8 nitrogen and oxygen atoms in total. The van der Waals surface area contributed by atoms with Gasteiger partial charge in [-0.1, -0.05) is 35.9 Å². The second-order valence-corrected chi connectivity index (χ2v) is 10.8. The summed E-state index contributed by atoms with van der Waals surface area (Å²) >= 11 is 1.02. The Balaban J connectivity index is 1.24. The van der Waals surface area contributed by atoms with Gasteiger partial charge < -0.3 is 9.80 Å². The number of carbonyl (C=O) groups excluding carboxylic acids is 1. The zero-order valence-corrected chi connectivity index (χ0v) is 19.5. The fourth-order valence-electron chi connectivity index (χ4n) is 4.64. The lowest BCUT2D eigenvalue weighted by Gasteiger charge is -2.35. The molecule has 32 heavy (non-hydrogen) atoms. The van der Waals surface area contributed by atoms with Crippen molar-refractivity contribution in [1.82, 2.24) is 22.9 Å². The van der Waals surface area contributed by atoms with Crippen LogP contribution in [0.3, 0.4) is 0 Å². The fraction of sp³-hybridized carbons (Fsp3) is 0.409. The van der Waals surface area contributed by atoms with Crippen LogP contribution in [0.1, 0.15) is 24.0 Å². The molecule has 0 N–H and O–H groups in total. The van der Waals surface area contributed by atoms with Crippen molar-refractivity contribution >= 4 is 38.8 Å². The first kappa shape index (κ1) is 21.3. The lowest BCUT2D eigenvalue weighted by molar-refractivity contribution is 0.153. The lowest BCUT2D eigenvalue weighted by Crippen LogP contribution is -2.48. The Hall–Kier alpha value is -2.56. The number of fused-ring (bicyclic) bond motifs is 1. The second kappa shape index (κ2) is 8.42. The number of aromatic nitrogens is 2. The first-order chi connectivity index (χ1) is 15.4. The van der Waals surface area contributed by atoms with Gasteiger partial charge >= 0.3 is 6.03 Å². The number of piperidine rings is 1. The molecule has 2 aromatic carbocycles. The molecule has 1 aromatic heterocycles. The molecule has 3 heterocycles. The Labute approximate surface area is 191 Å². The van der Waals surface area contributed by atoms with E-state index in [1.54, 1.807) is 18.2 Å². The molecule has 0 saturated carbocycles. The van der Waals surface area contributed by atoms with Crippen molar-refractivity contribution in [3.05, 3.63) is 53.6 Å². The number of hydrogen-bond acceptors (Lipinski definition) is 6. The number of aryl methyl sites for hydroxylation is 1. The van der Waals surface area contributed by atoms with E-state index in [4.69, 9.17) is 0 Å². The van der Waals surface area contributed by atoms with Crippen LogP contribution in [0.15, 0.2) is 47.4 Å². The molecule has 2 fully saturated rings. The number of amides is 2. The van der Waals surface area contributed by atoms with Crippen LogP contribution in [0.2, 0.25) is 0 Å². The minimum Gasteiger partial charge on any atom is -0.320 e. The van der Waals surface area contributed by atoms with Crippen LogP contribution < -0.4 is 0 Å². The SMILES string of the molecule is Cc1cccc(CN2CCN(C3CCN(S(=O)(=O)c4cccc5nsnc45)CC3)C2=O)c1. The molecule has 0 bridgehead atoms. The molecule has 10 heteroatoms. The summed E-state index contributed by atoms with van der Waals surface area (Å²) in [7, 11) is -3.65. The minimum absolute atomic E-state index is 0.0473. The summed E-state index contributed by atoms with van der Waals surface area (Å²) in [6.45, 7) is 4.83. The quantitative estimate of drug-likeness (QED) is 0.571. The molecule has 5 rings (SSSR count). The first-order valence-electron chi connectivity index (χ1n) is 10.8. The van der Waals surface area contributed by atoms with Gasteiger partial charge in [-0.2, -0.15) is 13.1 Å².